The molecule has 0 heterocycles. The maximum Gasteiger partial charge on any atom is 0.270 e. The van der Waals surface area contributed by atoms with Crippen molar-refractivity contribution in [3.8, 4) is 0 Å². The average Bonchev–Trinajstić information content (AvgIpc) is 2.19. The first-order chi connectivity index (χ1) is 6.76. The fraction of sp³-hybridized carbons (Fsp3) is 0.200. The number of oxime groups is 1. The molecule has 0 bridgehead atoms. The lowest BCUT2D eigenvalue weighted by Gasteiger charge is -2.02. The lowest BCUT2D eigenvalue weighted by atomic mass is 10.1. The number of benzene rings is 1. The molecule has 0 radical (unpaired) electrons. The smallest absolute Gasteiger partial charge is 0.270 e. The van der Waals surface area contributed by atoms with Gasteiger partial charge in [-0.05, 0) is 24.1 Å². The number of hydrogen-bond acceptors (Lipinski definition) is 3. The van der Waals surface area contributed by atoms with Crippen LogP contribution >= 0.6 is 0 Å². The molecule has 0 aliphatic heterocycles. The summed E-state index contributed by atoms with van der Waals surface area (Å²) in [5.41, 5.74) is 1.89. The lowest BCUT2D eigenvalue weighted by Crippen LogP contribution is -2.12. The molecular formula is C10H12N2O2. The topological polar surface area (TPSA) is 61.7 Å². The van der Waals surface area contributed by atoms with Gasteiger partial charge >= 0.3 is 0 Å². The molecule has 0 atom stereocenters. The standard InChI is InChI=1S/C10H12N2O2/c1-2-8-3-5-9(6-4-8)12-10(13)7-11-14/h3-7,14H,2H2,1H3,(H,12,13)/b11-7-. The Morgan fingerprint density at radius 3 is 2.64 bits per heavy atom. The van der Waals surface area contributed by atoms with E-state index in [4.69, 9.17) is 5.21 Å². The van der Waals surface area contributed by atoms with Gasteiger partial charge < -0.3 is 10.5 Å². The van der Waals surface area contributed by atoms with Gasteiger partial charge in [-0.25, -0.2) is 0 Å². The van der Waals surface area contributed by atoms with Gasteiger partial charge in [0.1, 0.15) is 6.21 Å². The molecule has 14 heavy (non-hydrogen) atoms. The molecule has 0 fully saturated rings. The van der Waals surface area contributed by atoms with E-state index in [0.717, 1.165) is 12.6 Å². The van der Waals surface area contributed by atoms with Crippen molar-refractivity contribution in [3.63, 3.8) is 0 Å². The monoisotopic (exact) mass is 192 g/mol. The van der Waals surface area contributed by atoms with Crippen LogP contribution in [0.2, 0.25) is 0 Å². The molecule has 4 heteroatoms. The molecule has 1 aromatic carbocycles. The highest BCUT2D eigenvalue weighted by atomic mass is 16.4. The Hall–Kier alpha value is -1.84. The second-order valence-electron chi connectivity index (χ2n) is 2.78. The predicted octanol–water partition coefficient (Wildman–Crippen LogP) is 1.65. The van der Waals surface area contributed by atoms with Gasteiger partial charge in [0.15, 0.2) is 0 Å². The third-order valence-electron chi connectivity index (χ3n) is 1.80. The fourth-order valence-electron chi connectivity index (χ4n) is 1.05. The van der Waals surface area contributed by atoms with Crippen LogP contribution in [0.15, 0.2) is 29.4 Å². The minimum Gasteiger partial charge on any atom is -0.411 e. The molecule has 0 aliphatic rings. The van der Waals surface area contributed by atoms with Crippen LogP contribution in [-0.4, -0.2) is 17.3 Å². The molecule has 0 spiro atoms. The molecular weight excluding hydrogens is 180 g/mol. The number of rotatable bonds is 3. The molecule has 2 N–H and O–H groups in total. The highest BCUT2D eigenvalue weighted by molar-refractivity contribution is 6.31. The molecule has 4 nitrogen and oxygen atoms in total. The van der Waals surface area contributed by atoms with E-state index in [2.05, 4.69) is 17.4 Å². The van der Waals surface area contributed by atoms with E-state index in [1.54, 1.807) is 0 Å². The fourth-order valence-corrected chi connectivity index (χ4v) is 1.05. The number of amides is 1. The summed E-state index contributed by atoms with van der Waals surface area (Å²) in [5.74, 6) is -0.447. The molecule has 1 rings (SSSR count). The van der Waals surface area contributed by atoms with Crippen LogP contribution in [-0.2, 0) is 11.2 Å². The van der Waals surface area contributed by atoms with Gasteiger partial charge in [0.2, 0.25) is 0 Å². The van der Waals surface area contributed by atoms with E-state index in [0.29, 0.717) is 5.69 Å². The van der Waals surface area contributed by atoms with Gasteiger partial charge in [-0.1, -0.05) is 24.2 Å². The van der Waals surface area contributed by atoms with Crippen LogP contribution in [0.1, 0.15) is 12.5 Å². The number of nitrogens with zero attached hydrogens (tertiary/aromatic N) is 1. The number of carbonyl (C=O) groups is 1. The zero-order valence-corrected chi connectivity index (χ0v) is 7.90. The van der Waals surface area contributed by atoms with Crippen LogP contribution < -0.4 is 5.32 Å². The first-order valence-corrected chi connectivity index (χ1v) is 4.33. The third-order valence-corrected chi connectivity index (χ3v) is 1.80. The molecule has 0 unspecified atom stereocenters. The Morgan fingerprint density at radius 1 is 1.50 bits per heavy atom. The van der Waals surface area contributed by atoms with E-state index >= 15 is 0 Å². The Bertz CT molecular complexity index is 330. The normalized spacial score (nSPS) is 10.4. The summed E-state index contributed by atoms with van der Waals surface area (Å²) in [6.07, 6.45) is 1.78. The minimum absolute atomic E-state index is 0.447. The largest absolute Gasteiger partial charge is 0.411 e. The number of aryl methyl sites for hydroxylation is 1. The van der Waals surface area contributed by atoms with Gasteiger partial charge in [-0.3, -0.25) is 4.79 Å². The first-order valence-electron chi connectivity index (χ1n) is 4.33. The molecule has 1 amide bonds. The predicted molar refractivity (Wildman–Crippen MR) is 54.7 cm³/mol. The van der Waals surface area contributed by atoms with E-state index in [-0.39, 0.29) is 0 Å². The number of nitrogens with one attached hydrogen (secondary N) is 1. The van der Waals surface area contributed by atoms with E-state index in [1.165, 1.54) is 5.56 Å². The van der Waals surface area contributed by atoms with Crippen LogP contribution in [0, 0.1) is 0 Å². The number of anilines is 1. The maximum absolute atomic E-state index is 10.9. The van der Waals surface area contributed by atoms with Crippen molar-refractivity contribution < 1.29 is 10.0 Å². The van der Waals surface area contributed by atoms with Crippen molar-refractivity contribution in [1.29, 1.82) is 0 Å². The Morgan fingerprint density at radius 2 is 2.14 bits per heavy atom. The van der Waals surface area contributed by atoms with E-state index in [9.17, 15) is 4.79 Å². The highest BCUT2D eigenvalue weighted by Gasteiger charge is 1.97. The summed E-state index contributed by atoms with van der Waals surface area (Å²) in [4.78, 5) is 10.9. The Balaban J connectivity index is 2.64. The van der Waals surface area contributed by atoms with Crippen molar-refractivity contribution in [3.05, 3.63) is 29.8 Å². The highest BCUT2D eigenvalue weighted by Crippen LogP contribution is 2.09. The van der Waals surface area contributed by atoms with Crippen LogP contribution in [0.4, 0.5) is 5.69 Å². The molecule has 0 aromatic heterocycles. The lowest BCUT2D eigenvalue weighted by molar-refractivity contribution is -0.110. The van der Waals surface area contributed by atoms with Crippen molar-refractivity contribution in [1.82, 2.24) is 0 Å². The Labute approximate surface area is 82.2 Å². The summed E-state index contributed by atoms with van der Waals surface area (Å²) >= 11 is 0. The molecule has 74 valence electrons. The summed E-state index contributed by atoms with van der Waals surface area (Å²) in [6, 6.07) is 7.49. The quantitative estimate of drug-likeness (QED) is 0.434. The summed E-state index contributed by atoms with van der Waals surface area (Å²) in [5, 5.41) is 13.3. The second-order valence-corrected chi connectivity index (χ2v) is 2.78. The molecule has 0 saturated heterocycles. The SMILES string of the molecule is CCc1ccc(NC(=O)/C=N\O)cc1. The van der Waals surface area contributed by atoms with Crippen molar-refractivity contribution in [2.24, 2.45) is 5.16 Å². The van der Waals surface area contributed by atoms with Gasteiger partial charge in [-0.15, -0.1) is 0 Å². The minimum atomic E-state index is -0.447. The average molecular weight is 192 g/mol. The van der Waals surface area contributed by atoms with Gasteiger partial charge in [0, 0.05) is 5.69 Å². The summed E-state index contributed by atoms with van der Waals surface area (Å²) in [6.45, 7) is 2.06. The Kier molecular flexibility index (Phi) is 3.67. The van der Waals surface area contributed by atoms with Crippen LogP contribution in [0.25, 0.3) is 0 Å². The van der Waals surface area contributed by atoms with Crippen molar-refractivity contribution >= 4 is 17.8 Å². The molecule has 1 aromatic rings. The third kappa shape index (κ3) is 2.90. The van der Waals surface area contributed by atoms with Gasteiger partial charge in [0.25, 0.3) is 5.91 Å². The van der Waals surface area contributed by atoms with Gasteiger partial charge in [-0.2, -0.15) is 0 Å². The van der Waals surface area contributed by atoms with Crippen LogP contribution in [0.3, 0.4) is 0 Å². The number of carbonyl (C=O) groups excluding carboxylic acids is 1. The summed E-state index contributed by atoms with van der Waals surface area (Å²) < 4.78 is 0. The zero-order valence-electron chi connectivity index (χ0n) is 7.90. The van der Waals surface area contributed by atoms with E-state index < -0.39 is 5.91 Å². The second kappa shape index (κ2) is 5.01. The van der Waals surface area contributed by atoms with Crippen molar-refractivity contribution in [2.75, 3.05) is 5.32 Å². The zero-order chi connectivity index (χ0) is 10.4. The molecule has 0 saturated carbocycles. The summed E-state index contributed by atoms with van der Waals surface area (Å²) in [7, 11) is 0. The number of hydrogen-bond donors (Lipinski definition) is 2. The molecule has 0 aliphatic carbocycles. The maximum atomic E-state index is 10.9. The van der Waals surface area contributed by atoms with Gasteiger partial charge in [0.05, 0.1) is 0 Å². The first kappa shape index (κ1) is 10.2. The van der Waals surface area contributed by atoms with Crippen LogP contribution in [0.5, 0.6) is 0 Å². The van der Waals surface area contributed by atoms with E-state index in [1.807, 2.05) is 24.3 Å². The van der Waals surface area contributed by atoms with Crippen molar-refractivity contribution in [2.45, 2.75) is 13.3 Å².